The number of hydrogen-bond acceptors (Lipinski definition) is 2. The van der Waals surface area contributed by atoms with Gasteiger partial charge in [0.05, 0.1) is 6.10 Å². The Balaban J connectivity index is 3.73. The predicted molar refractivity (Wildman–Crippen MR) is 121 cm³/mol. The minimum absolute atomic E-state index is 0.282. The second-order valence-electron chi connectivity index (χ2n) is 8.45. The Bertz CT molecular complexity index is 335. The van der Waals surface area contributed by atoms with Crippen molar-refractivity contribution >= 4 is 7.82 Å². The van der Waals surface area contributed by atoms with Gasteiger partial charge in [0.15, 0.2) is 0 Å². The molecule has 0 aliphatic heterocycles. The second-order valence-corrected chi connectivity index (χ2v) is 9.64. The van der Waals surface area contributed by atoms with Crippen molar-refractivity contribution in [3.63, 3.8) is 0 Å². The zero-order valence-corrected chi connectivity index (χ0v) is 19.8. The number of hydrogen-bond donors (Lipinski definition) is 2. The van der Waals surface area contributed by atoms with Crippen LogP contribution < -0.4 is 0 Å². The molecule has 28 heavy (non-hydrogen) atoms. The lowest BCUT2D eigenvalue weighted by molar-refractivity contribution is 0.115. The highest BCUT2D eigenvalue weighted by molar-refractivity contribution is 7.46. The molecular weight excluding hydrogens is 371 g/mol. The van der Waals surface area contributed by atoms with Crippen LogP contribution in [0.1, 0.15) is 142 Å². The smallest absolute Gasteiger partial charge is 0.303 e. The van der Waals surface area contributed by atoms with Crippen LogP contribution in [0.2, 0.25) is 0 Å². The summed E-state index contributed by atoms with van der Waals surface area (Å²) in [6, 6.07) is 0. The molecule has 0 fully saturated rings. The molecule has 0 amide bonds. The van der Waals surface area contributed by atoms with E-state index in [1.54, 1.807) is 0 Å². The summed E-state index contributed by atoms with van der Waals surface area (Å²) in [7, 11) is -4.38. The summed E-state index contributed by atoms with van der Waals surface area (Å²) in [5.74, 6) is 0. The molecule has 0 atom stereocenters. The molecule has 0 saturated heterocycles. The maximum absolute atomic E-state index is 11.2. The Morgan fingerprint density at radius 2 is 0.857 bits per heavy atom. The van der Waals surface area contributed by atoms with Gasteiger partial charge in [-0.25, -0.2) is 4.57 Å². The quantitative estimate of drug-likeness (QED) is 0.136. The van der Waals surface area contributed by atoms with Gasteiger partial charge in [-0.3, -0.25) is 4.52 Å². The summed E-state index contributed by atoms with van der Waals surface area (Å²) in [6.45, 7) is 4.48. The summed E-state index contributed by atoms with van der Waals surface area (Å²) in [5, 5.41) is 0. The predicted octanol–water partition coefficient (Wildman–Crippen LogP) is 8.31. The zero-order valence-electron chi connectivity index (χ0n) is 18.9. The number of phosphoric acid groups is 1. The summed E-state index contributed by atoms with van der Waals surface area (Å²) >= 11 is 0. The van der Waals surface area contributed by atoms with Crippen molar-refractivity contribution in [3.05, 3.63) is 0 Å². The minimum atomic E-state index is -4.38. The Morgan fingerprint density at radius 1 is 0.571 bits per heavy atom. The van der Waals surface area contributed by atoms with Gasteiger partial charge in [0.1, 0.15) is 0 Å². The van der Waals surface area contributed by atoms with Crippen molar-refractivity contribution < 1.29 is 18.9 Å². The van der Waals surface area contributed by atoms with Crippen LogP contribution in [0.3, 0.4) is 0 Å². The average molecular weight is 421 g/mol. The Labute approximate surface area is 175 Å². The first-order valence-corrected chi connectivity index (χ1v) is 13.8. The largest absolute Gasteiger partial charge is 0.469 e. The van der Waals surface area contributed by atoms with Crippen molar-refractivity contribution in [2.75, 3.05) is 0 Å². The topological polar surface area (TPSA) is 66.8 Å². The lowest BCUT2D eigenvalue weighted by Crippen LogP contribution is -2.11. The molecule has 0 spiro atoms. The van der Waals surface area contributed by atoms with Crippen LogP contribution in [-0.4, -0.2) is 15.9 Å². The fourth-order valence-electron chi connectivity index (χ4n) is 3.81. The first-order valence-electron chi connectivity index (χ1n) is 12.2. The van der Waals surface area contributed by atoms with Gasteiger partial charge in [-0.05, 0) is 12.8 Å². The van der Waals surface area contributed by atoms with E-state index in [4.69, 9.17) is 14.3 Å². The van der Waals surface area contributed by atoms with E-state index in [9.17, 15) is 4.57 Å². The SMILES string of the molecule is CCCCCCCCCCCC(CCCCCCCCCCC)OP(=O)(O)O. The highest BCUT2D eigenvalue weighted by Gasteiger charge is 2.21. The van der Waals surface area contributed by atoms with Crippen LogP contribution in [-0.2, 0) is 9.09 Å². The highest BCUT2D eigenvalue weighted by Crippen LogP contribution is 2.39. The first-order chi connectivity index (χ1) is 13.5. The van der Waals surface area contributed by atoms with E-state index >= 15 is 0 Å². The molecule has 0 aromatic carbocycles. The van der Waals surface area contributed by atoms with Gasteiger partial charge >= 0.3 is 7.82 Å². The molecule has 0 aromatic heterocycles. The Morgan fingerprint density at radius 3 is 1.14 bits per heavy atom. The molecule has 0 radical (unpaired) electrons. The summed E-state index contributed by atoms with van der Waals surface area (Å²) < 4.78 is 16.3. The zero-order chi connectivity index (χ0) is 20.9. The lowest BCUT2D eigenvalue weighted by atomic mass is 10.0. The van der Waals surface area contributed by atoms with Gasteiger partial charge in [0.25, 0.3) is 0 Å². The van der Waals surface area contributed by atoms with Crippen molar-refractivity contribution in [2.24, 2.45) is 0 Å². The van der Waals surface area contributed by atoms with Crippen LogP contribution >= 0.6 is 7.82 Å². The molecule has 0 unspecified atom stereocenters. The van der Waals surface area contributed by atoms with Gasteiger partial charge in [-0.2, -0.15) is 0 Å². The van der Waals surface area contributed by atoms with Crippen molar-refractivity contribution in [1.82, 2.24) is 0 Å². The maximum Gasteiger partial charge on any atom is 0.469 e. The van der Waals surface area contributed by atoms with Crippen LogP contribution in [0.5, 0.6) is 0 Å². The van der Waals surface area contributed by atoms with E-state index in [-0.39, 0.29) is 6.10 Å². The fourth-order valence-corrected chi connectivity index (χ4v) is 4.41. The first kappa shape index (κ1) is 28.1. The molecule has 4 nitrogen and oxygen atoms in total. The van der Waals surface area contributed by atoms with Gasteiger partial charge in [0, 0.05) is 0 Å². The van der Waals surface area contributed by atoms with E-state index < -0.39 is 7.82 Å². The molecule has 0 bridgehead atoms. The summed E-state index contributed by atoms with van der Waals surface area (Å²) in [4.78, 5) is 18.3. The number of phosphoric ester groups is 1. The average Bonchev–Trinajstić information content (AvgIpc) is 2.64. The van der Waals surface area contributed by atoms with Crippen molar-refractivity contribution in [2.45, 2.75) is 148 Å². The number of rotatable bonds is 22. The monoisotopic (exact) mass is 420 g/mol. The summed E-state index contributed by atoms with van der Waals surface area (Å²) in [5.41, 5.74) is 0. The Kier molecular flexibility index (Phi) is 20.5. The van der Waals surface area contributed by atoms with Gasteiger partial charge in [-0.15, -0.1) is 0 Å². The molecule has 0 heterocycles. The second kappa shape index (κ2) is 20.4. The van der Waals surface area contributed by atoms with Gasteiger partial charge in [-0.1, -0.05) is 129 Å². The molecule has 0 aromatic rings. The Hall–Kier alpha value is 0.110. The maximum atomic E-state index is 11.2. The normalized spacial score (nSPS) is 12.2. The molecule has 0 rings (SSSR count). The third kappa shape index (κ3) is 22.4. The lowest BCUT2D eigenvalue weighted by Gasteiger charge is -2.18. The van der Waals surface area contributed by atoms with Crippen LogP contribution in [0.15, 0.2) is 0 Å². The van der Waals surface area contributed by atoms with Gasteiger partial charge < -0.3 is 9.79 Å². The van der Waals surface area contributed by atoms with Crippen LogP contribution in [0.4, 0.5) is 0 Å². The number of unbranched alkanes of at least 4 members (excludes halogenated alkanes) is 16. The third-order valence-electron chi connectivity index (χ3n) is 5.55. The van der Waals surface area contributed by atoms with E-state index in [1.165, 1.54) is 89.9 Å². The molecule has 170 valence electrons. The minimum Gasteiger partial charge on any atom is -0.303 e. The molecule has 0 aliphatic rings. The molecule has 0 aliphatic carbocycles. The van der Waals surface area contributed by atoms with Crippen molar-refractivity contribution in [1.29, 1.82) is 0 Å². The van der Waals surface area contributed by atoms with E-state index in [0.717, 1.165) is 38.5 Å². The fraction of sp³-hybridized carbons (Fsp3) is 1.00. The van der Waals surface area contributed by atoms with Crippen LogP contribution in [0.25, 0.3) is 0 Å². The molecular formula is C23H49O4P. The summed E-state index contributed by atoms with van der Waals surface area (Å²) in [6.07, 6.45) is 23.9. The molecule has 0 saturated carbocycles. The highest BCUT2D eigenvalue weighted by atomic mass is 31.2. The molecule has 2 N–H and O–H groups in total. The standard InChI is InChI=1S/C23H49O4P/c1-3-5-7-9-11-13-15-17-19-21-23(27-28(24,25)26)22-20-18-16-14-12-10-8-6-4-2/h23H,3-22H2,1-2H3,(H2,24,25,26). The van der Waals surface area contributed by atoms with Crippen LogP contribution in [0, 0.1) is 0 Å². The van der Waals surface area contributed by atoms with E-state index in [0.29, 0.717) is 0 Å². The van der Waals surface area contributed by atoms with Crippen molar-refractivity contribution in [3.8, 4) is 0 Å². The molecule has 5 heteroatoms. The van der Waals surface area contributed by atoms with E-state index in [1.807, 2.05) is 0 Å². The van der Waals surface area contributed by atoms with Gasteiger partial charge in [0.2, 0.25) is 0 Å². The van der Waals surface area contributed by atoms with E-state index in [2.05, 4.69) is 13.8 Å². The third-order valence-corrected chi connectivity index (χ3v) is 6.12.